The Hall–Kier alpha value is -1.47. The largest absolute Gasteiger partial charge is 0.383 e. The molecule has 0 bridgehead atoms. The van der Waals surface area contributed by atoms with E-state index in [1.165, 1.54) is 11.3 Å². The number of ether oxygens (including phenoxy) is 1. The second-order valence-corrected chi connectivity index (χ2v) is 5.57. The number of fused-ring (bicyclic) bond motifs is 1. The molecule has 0 spiro atoms. The van der Waals surface area contributed by atoms with Gasteiger partial charge in [0, 0.05) is 25.3 Å². The molecule has 2 aromatic heterocycles. The van der Waals surface area contributed by atoms with E-state index in [1.54, 1.807) is 7.11 Å². The number of carbonyl (C=O) groups is 1. The van der Waals surface area contributed by atoms with Gasteiger partial charge in [-0.15, -0.1) is 10.2 Å². The second-order valence-electron chi connectivity index (χ2n) is 4.60. The Balaban J connectivity index is 2.30. The first-order valence-electron chi connectivity index (χ1n) is 6.17. The van der Waals surface area contributed by atoms with Gasteiger partial charge in [0.1, 0.15) is 10.7 Å². The molecule has 0 aliphatic carbocycles. The van der Waals surface area contributed by atoms with Crippen LogP contribution in [0.3, 0.4) is 0 Å². The zero-order valence-electron chi connectivity index (χ0n) is 11.6. The molecule has 19 heavy (non-hydrogen) atoms. The summed E-state index contributed by atoms with van der Waals surface area (Å²) >= 11 is 1.36. The van der Waals surface area contributed by atoms with Crippen molar-refractivity contribution in [3.05, 3.63) is 16.4 Å². The maximum Gasteiger partial charge on any atom is 0.263 e. The molecule has 2 aromatic rings. The van der Waals surface area contributed by atoms with Crippen LogP contribution in [0, 0.1) is 6.92 Å². The van der Waals surface area contributed by atoms with Crippen molar-refractivity contribution in [2.75, 3.05) is 20.3 Å². The van der Waals surface area contributed by atoms with Gasteiger partial charge in [-0.3, -0.25) is 9.20 Å². The van der Waals surface area contributed by atoms with E-state index >= 15 is 0 Å². The zero-order chi connectivity index (χ0) is 14.0. The van der Waals surface area contributed by atoms with Gasteiger partial charge in [-0.1, -0.05) is 25.2 Å². The van der Waals surface area contributed by atoms with Crippen molar-refractivity contribution in [2.45, 2.75) is 26.7 Å². The average Bonchev–Trinajstić information content (AvgIpc) is 2.90. The lowest BCUT2D eigenvalue weighted by Gasteiger charge is -2.05. The molecular formula is C12H18N4O2S. The maximum atomic E-state index is 12.1. The molecule has 2 heterocycles. The van der Waals surface area contributed by atoms with E-state index in [2.05, 4.69) is 29.4 Å². The van der Waals surface area contributed by atoms with Gasteiger partial charge in [0.05, 0.1) is 6.61 Å². The molecule has 0 radical (unpaired) electrons. The number of hydrogen-bond acceptors (Lipinski definition) is 5. The van der Waals surface area contributed by atoms with E-state index in [0.29, 0.717) is 18.0 Å². The highest BCUT2D eigenvalue weighted by molar-refractivity contribution is 7.19. The molecule has 0 fully saturated rings. The van der Waals surface area contributed by atoms with Crippen molar-refractivity contribution in [1.29, 1.82) is 0 Å². The second kappa shape index (κ2) is 5.66. The molecule has 0 unspecified atom stereocenters. The predicted molar refractivity (Wildman–Crippen MR) is 73.9 cm³/mol. The zero-order valence-corrected chi connectivity index (χ0v) is 12.4. The Bertz CT molecular complexity index is 588. The van der Waals surface area contributed by atoms with Crippen LogP contribution in [0.4, 0.5) is 0 Å². The van der Waals surface area contributed by atoms with Crippen molar-refractivity contribution in [3.8, 4) is 0 Å². The molecule has 104 valence electrons. The molecule has 0 aliphatic heterocycles. The number of nitrogens with one attached hydrogen (secondary N) is 1. The summed E-state index contributed by atoms with van der Waals surface area (Å²) in [4.78, 5) is 13.5. The Morgan fingerprint density at radius 3 is 2.84 bits per heavy atom. The van der Waals surface area contributed by atoms with E-state index in [4.69, 9.17) is 4.74 Å². The molecule has 2 rings (SSSR count). The molecule has 1 amide bonds. The topological polar surface area (TPSA) is 68.5 Å². The monoisotopic (exact) mass is 282 g/mol. The molecule has 0 saturated heterocycles. The van der Waals surface area contributed by atoms with Crippen molar-refractivity contribution < 1.29 is 9.53 Å². The van der Waals surface area contributed by atoms with E-state index < -0.39 is 0 Å². The average molecular weight is 282 g/mol. The van der Waals surface area contributed by atoms with Crippen LogP contribution in [0.5, 0.6) is 0 Å². The van der Waals surface area contributed by atoms with Gasteiger partial charge in [0.2, 0.25) is 4.96 Å². The Morgan fingerprint density at radius 1 is 1.47 bits per heavy atom. The van der Waals surface area contributed by atoms with Gasteiger partial charge in [-0.25, -0.2) is 0 Å². The third-order valence-electron chi connectivity index (χ3n) is 2.83. The Morgan fingerprint density at radius 2 is 2.21 bits per heavy atom. The predicted octanol–water partition coefficient (Wildman–Crippen LogP) is 1.60. The summed E-state index contributed by atoms with van der Waals surface area (Å²) in [6.45, 7) is 7.05. The number of carbonyl (C=O) groups excluding carboxylic acids is 1. The fraction of sp³-hybridized carbons (Fsp3) is 0.583. The molecule has 0 aromatic carbocycles. The molecule has 0 atom stereocenters. The summed E-state index contributed by atoms with van der Waals surface area (Å²) in [5.74, 6) is 1.08. The first-order valence-corrected chi connectivity index (χ1v) is 6.99. The van der Waals surface area contributed by atoms with Crippen LogP contribution in [0.25, 0.3) is 4.96 Å². The van der Waals surface area contributed by atoms with Crippen LogP contribution in [-0.4, -0.2) is 40.8 Å². The minimum absolute atomic E-state index is 0.0836. The van der Waals surface area contributed by atoms with Crippen LogP contribution in [-0.2, 0) is 4.74 Å². The van der Waals surface area contributed by atoms with Crippen LogP contribution in [0.15, 0.2) is 0 Å². The van der Waals surface area contributed by atoms with Crippen molar-refractivity contribution in [3.63, 3.8) is 0 Å². The number of aryl methyl sites for hydroxylation is 1. The third-order valence-corrected chi connectivity index (χ3v) is 3.96. The molecule has 7 heteroatoms. The SMILES string of the molecule is COCCNC(=O)c1sc2nnc(C(C)C)n2c1C. The highest BCUT2D eigenvalue weighted by Crippen LogP contribution is 2.25. The summed E-state index contributed by atoms with van der Waals surface area (Å²) in [5.41, 5.74) is 0.892. The summed E-state index contributed by atoms with van der Waals surface area (Å²) < 4.78 is 6.87. The number of rotatable bonds is 5. The van der Waals surface area contributed by atoms with Gasteiger partial charge >= 0.3 is 0 Å². The van der Waals surface area contributed by atoms with Gasteiger partial charge in [0.15, 0.2) is 0 Å². The van der Waals surface area contributed by atoms with Crippen LogP contribution in [0.1, 0.15) is 41.0 Å². The fourth-order valence-electron chi connectivity index (χ4n) is 1.86. The number of amides is 1. The standard InChI is InChI=1S/C12H18N4O2S/c1-7(2)10-14-15-12-16(10)8(3)9(19-12)11(17)13-5-6-18-4/h7H,5-6H2,1-4H3,(H,13,17). The highest BCUT2D eigenvalue weighted by Gasteiger charge is 2.20. The van der Waals surface area contributed by atoms with E-state index in [1.807, 2.05) is 11.3 Å². The molecule has 1 N–H and O–H groups in total. The molecule has 0 saturated carbocycles. The Labute approximate surface area is 115 Å². The lowest BCUT2D eigenvalue weighted by atomic mass is 10.2. The lowest BCUT2D eigenvalue weighted by Crippen LogP contribution is -2.26. The van der Waals surface area contributed by atoms with Gasteiger partial charge < -0.3 is 10.1 Å². The number of methoxy groups -OCH3 is 1. The van der Waals surface area contributed by atoms with Gasteiger partial charge in [-0.2, -0.15) is 0 Å². The van der Waals surface area contributed by atoms with Crippen LogP contribution < -0.4 is 5.32 Å². The minimum atomic E-state index is -0.0836. The minimum Gasteiger partial charge on any atom is -0.383 e. The molecule has 6 nitrogen and oxygen atoms in total. The van der Waals surface area contributed by atoms with E-state index in [0.717, 1.165) is 16.5 Å². The Kier molecular flexibility index (Phi) is 4.16. The van der Waals surface area contributed by atoms with Gasteiger partial charge in [-0.05, 0) is 6.92 Å². The quantitative estimate of drug-likeness (QED) is 0.846. The third kappa shape index (κ3) is 2.62. The molecule has 0 aliphatic rings. The number of hydrogen-bond donors (Lipinski definition) is 1. The van der Waals surface area contributed by atoms with Crippen LogP contribution in [0.2, 0.25) is 0 Å². The number of thiazole rings is 1. The van der Waals surface area contributed by atoms with E-state index in [9.17, 15) is 4.79 Å². The highest BCUT2D eigenvalue weighted by atomic mass is 32.1. The summed E-state index contributed by atoms with van der Waals surface area (Å²) in [6.07, 6.45) is 0. The van der Waals surface area contributed by atoms with Crippen molar-refractivity contribution in [2.24, 2.45) is 0 Å². The number of nitrogens with zero attached hydrogens (tertiary/aromatic N) is 3. The lowest BCUT2D eigenvalue weighted by molar-refractivity contribution is 0.0940. The number of aromatic nitrogens is 3. The first-order chi connectivity index (χ1) is 9.06. The van der Waals surface area contributed by atoms with Gasteiger partial charge in [0.25, 0.3) is 5.91 Å². The first kappa shape index (κ1) is 14.0. The van der Waals surface area contributed by atoms with Crippen LogP contribution >= 0.6 is 11.3 Å². The summed E-state index contributed by atoms with van der Waals surface area (Å²) in [6, 6.07) is 0. The van der Waals surface area contributed by atoms with Crippen molar-refractivity contribution >= 4 is 22.2 Å². The molecular weight excluding hydrogens is 264 g/mol. The maximum absolute atomic E-state index is 12.1. The van der Waals surface area contributed by atoms with E-state index in [-0.39, 0.29) is 11.8 Å². The smallest absolute Gasteiger partial charge is 0.263 e. The summed E-state index contributed by atoms with van der Waals surface area (Å²) in [5, 5.41) is 11.1. The fourth-order valence-corrected chi connectivity index (χ4v) is 2.85. The summed E-state index contributed by atoms with van der Waals surface area (Å²) in [7, 11) is 1.61. The van der Waals surface area contributed by atoms with Crippen molar-refractivity contribution in [1.82, 2.24) is 19.9 Å². The normalized spacial score (nSPS) is 11.4.